The van der Waals surface area contributed by atoms with Crippen LogP contribution in [-0.4, -0.2) is 37.3 Å². The van der Waals surface area contributed by atoms with E-state index < -0.39 is 12.0 Å². The van der Waals surface area contributed by atoms with Gasteiger partial charge in [-0.15, -0.1) is 5.10 Å². The number of rotatable bonds is 5. The van der Waals surface area contributed by atoms with Crippen molar-refractivity contribution in [3.63, 3.8) is 0 Å². The van der Waals surface area contributed by atoms with Gasteiger partial charge in [0.05, 0.1) is 5.69 Å². The van der Waals surface area contributed by atoms with Crippen LogP contribution < -0.4 is 5.32 Å². The standard InChI is InChI=1S/C11H13N5O2/c1-2-10(11(17)18)13-8-4-3-5-9(6-8)16-7-12-14-15-16/h3-7,10,13H,2H2,1H3,(H,17,18). The van der Waals surface area contributed by atoms with Crippen LogP contribution in [0.2, 0.25) is 0 Å². The summed E-state index contributed by atoms with van der Waals surface area (Å²) in [6.45, 7) is 1.82. The van der Waals surface area contributed by atoms with Gasteiger partial charge in [0.2, 0.25) is 0 Å². The zero-order valence-corrected chi connectivity index (χ0v) is 9.82. The number of carbonyl (C=O) groups is 1. The zero-order valence-electron chi connectivity index (χ0n) is 9.82. The highest BCUT2D eigenvalue weighted by Gasteiger charge is 2.14. The average Bonchev–Trinajstić information content (AvgIpc) is 2.90. The van der Waals surface area contributed by atoms with Gasteiger partial charge in [-0.2, -0.15) is 0 Å². The molecule has 0 fully saturated rings. The summed E-state index contributed by atoms with van der Waals surface area (Å²) >= 11 is 0. The van der Waals surface area contributed by atoms with Crippen LogP contribution >= 0.6 is 0 Å². The molecule has 1 aromatic carbocycles. The van der Waals surface area contributed by atoms with Gasteiger partial charge >= 0.3 is 5.97 Å². The summed E-state index contributed by atoms with van der Waals surface area (Å²) in [4.78, 5) is 10.9. The van der Waals surface area contributed by atoms with Gasteiger partial charge in [0.1, 0.15) is 12.4 Å². The van der Waals surface area contributed by atoms with Crippen molar-refractivity contribution in [2.75, 3.05) is 5.32 Å². The second-order valence-electron chi connectivity index (χ2n) is 3.75. The second-order valence-corrected chi connectivity index (χ2v) is 3.75. The summed E-state index contributed by atoms with van der Waals surface area (Å²) in [6, 6.07) is 6.65. The minimum absolute atomic E-state index is 0.504. The van der Waals surface area contributed by atoms with E-state index in [1.807, 2.05) is 19.1 Å². The highest BCUT2D eigenvalue weighted by atomic mass is 16.4. The van der Waals surface area contributed by atoms with E-state index in [1.165, 1.54) is 11.0 Å². The topological polar surface area (TPSA) is 92.9 Å². The van der Waals surface area contributed by atoms with Crippen LogP contribution in [0.5, 0.6) is 0 Å². The van der Waals surface area contributed by atoms with Crippen molar-refractivity contribution < 1.29 is 9.90 Å². The number of tetrazole rings is 1. The van der Waals surface area contributed by atoms with Gasteiger partial charge < -0.3 is 10.4 Å². The SMILES string of the molecule is CCC(Nc1cccc(-n2cnnn2)c1)C(=O)O. The maximum atomic E-state index is 10.9. The quantitative estimate of drug-likeness (QED) is 0.816. The van der Waals surface area contributed by atoms with Crippen molar-refractivity contribution in [3.05, 3.63) is 30.6 Å². The van der Waals surface area contributed by atoms with Crippen molar-refractivity contribution in [1.29, 1.82) is 0 Å². The molecule has 7 heteroatoms. The summed E-state index contributed by atoms with van der Waals surface area (Å²) in [5, 5.41) is 22.8. The molecule has 0 aliphatic heterocycles. The maximum absolute atomic E-state index is 10.9. The van der Waals surface area contributed by atoms with Crippen molar-refractivity contribution in [3.8, 4) is 5.69 Å². The van der Waals surface area contributed by atoms with E-state index in [1.54, 1.807) is 12.1 Å². The molecule has 2 rings (SSSR count). The molecular weight excluding hydrogens is 234 g/mol. The highest BCUT2D eigenvalue weighted by Crippen LogP contribution is 2.15. The van der Waals surface area contributed by atoms with E-state index in [2.05, 4.69) is 20.8 Å². The summed E-state index contributed by atoms with van der Waals surface area (Å²) in [5.74, 6) is -0.870. The molecule has 7 nitrogen and oxygen atoms in total. The lowest BCUT2D eigenvalue weighted by Gasteiger charge is -2.14. The van der Waals surface area contributed by atoms with Crippen LogP contribution in [0.15, 0.2) is 30.6 Å². The fraction of sp³-hybridized carbons (Fsp3) is 0.273. The van der Waals surface area contributed by atoms with Gasteiger partial charge in [-0.1, -0.05) is 13.0 Å². The Morgan fingerprint density at radius 1 is 1.56 bits per heavy atom. The molecule has 1 aromatic heterocycles. The van der Waals surface area contributed by atoms with Gasteiger partial charge in [-0.05, 0) is 35.0 Å². The smallest absolute Gasteiger partial charge is 0.326 e. The van der Waals surface area contributed by atoms with Crippen LogP contribution in [0.1, 0.15) is 13.3 Å². The number of aromatic nitrogens is 4. The van der Waals surface area contributed by atoms with E-state index in [0.717, 1.165) is 11.4 Å². The molecule has 2 N–H and O–H groups in total. The van der Waals surface area contributed by atoms with Crippen molar-refractivity contribution in [2.45, 2.75) is 19.4 Å². The molecule has 18 heavy (non-hydrogen) atoms. The van der Waals surface area contributed by atoms with Crippen LogP contribution in [0.3, 0.4) is 0 Å². The monoisotopic (exact) mass is 247 g/mol. The number of anilines is 1. The van der Waals surface area contributed by atoms with E-state index in [0.29, 0.717) is 6.42 Å². The minimum atomic E-state index is -0.870. The van der Waals surface area contributed by atoms with Crippen LogP contribution in [0.4, 0.5) is 5.69 Å². The first-order chi connectivity index (χ1) is 8.70. The van der Waals surface area contributed by atoms with E-state index >= 15 is 0 Å². The highest BCUT2D eigenvalue weighted by molar-refractivity contribution is 5.77. The van der Waals surface area contributed by atoms with E-state index in [4.69, 9.17) is 5.11 Å². The lowest BCUT2D eigenvalue weighted by Crippen LogP contribution is -2.28. The van der Waals surface area contributed by atoms with Crippen LogP contribution in [0.25, 0.3) is 5.69 Å². The summed E-state index contributed by atoms with van der Waals surface area (Å²) < 4.78 is 1.51. The Morgan fingerprint density at radius 3 is 3.00 bits per heavy atom. The Balaban J connectivity index is 2.20. The van der Waals surface area contributed by atoms with Crippen LogP contribution in [0, 0.1) is 0 Å². The number of carboxylic acid groups (broad SMARTS) is 1. The molecule has 0 saturated heterocycles. The van der Waals surface area contributed by atoms with Crippen LogP contribution in [-0.2, 0) is 4.79 Å². The molecule has 0 spiro atoms. The molecule has 0 aliphatic carbocycles. The molecule has 0 amide bonds. The first-order valence-corrected chi connectivity index (χ1v) is 5.53. The fourth-order valence-corrected chi connectivity index (χ4v) is 1.56. The lowest BCUT2D eigenvalue weighted by atomic mass is 10.2. The molecule has 0 bridgehead atoms. The largest absolute Gasteiger partial charge is 0.480 e. The summed E-state index contributed by atoms with van der Waals surface area (Å²) in [6.07, 6.45) is 1.98. The summed E-state index contributed by atoms with van der Waals surface area (Å²) in [7, 11) is 0. The number of aliphatic carboxylic acids is 1. The van der Waals surface area contributed by atoms with Gasteiger partial charge in [0.15, 0.2) is 0 Å². The fourth-order valence-electron chi connectivity index (χ4n) is 1.56. The predicted octanol–water partition coefficient (Wildman–Crippen LogP) is 0.937. The number of hydrogen-bond acceptors (Lipinski definition) is 5. The molecule has 1 unspecified atom stereocenters. The lowest BCUT2D eigenvalue weighted by molar-refractivity contribution is -0.137. The molecule has 2 aromatic rings. The Morgan fingerprint density at radius 2 is 2.39 bits per heavy atom. The zero-order chi connectivity index (χ0) is 13.0. The predicted molar refractivity (Wildman–Crippen MR) is 64.5 cm³/mol. The van der Waals surface area contributed by atoms with Gasteiger partial charge in [0.25, 0.3) is 0 Å². The Labute approximate surface area is 103 Å². The molecule has 0 saturated carbocycles. The number of hydrogen-bond donors (Lipinski definition) is 2. The third-order valence-electron chi connectivity index (χ3n) is 2.51. The number of nitrogens with one attached hydrogen (secondary N) is 1. The normalized spacial score (nSPS) is 12.1. The van der Waals surface area contributed by atoms with E-state index in [9.17, 15) is 4.79 Å². The van der Waals surface area contributed by atoms with Crippen molar-refractivity contribution in [1.82, 2.24) is 20.2 Å². The first kappa shape index (κ1) is 12.0. The molecule has 94 valence electrons. The van der Waals surface area contributed by atoms with Gasteiger partial charge in [-0.3, -0.25) is 0 Å². The molecular formula is C11H13N5O2. The number of carboxylic acids is 1. The second kappa shape index (κ2) is 5.26. The third kappa shape index (κ3) is 2.62. The molecule has 1 heterocycles. The first-order valence-electron chi connectivity index (χ1n) is 5.53. The Kier molecular flexibility index (Phi) is 3.52. The number of nitrogens with zero attached hydrogens (tertiary/aromatic N) is 4. The third-order valence-corrected chi connectivity index (χ3v) is 2.51. The van der Waals surface area contributed by atoms with Gasteiger partial charge in [0, 0.05) is 5.69 Å². The van der Waals surface area contributed by atoms with E-state index in [-0.39, 0.29) is 0 Å². The minimum Gasteiger partial charge on any atom is -0.480 e. The number of benzene rings is 1. The van der Waals surface area contributed by atoms with Crippen molar-refractivity contribution >= 4 is 11.7 Å². The maximum Gasteiger partial charge on any atom is 0.326 e. The van der Waals surface area contributed by atoms with Crippen molar-refractivity contribution in [2.24, 2.45) is 0 Å². The Bertz CT molecular complexity index is 526. The molecule has 1 atom stereocenters. The Hall–Kier alpha value is -2.44. The summed E-state index contributed by atoms with van der Waals surface area (Å²) in [5.41, 5.74) is 1.49. The average molecular weight is 247 g/mol. The van der Waals surface area contributed by atoms with Gasteiger partial charge in [-0.25, -0.2) is 9.48 Å². The molecule has 0 aliphatic rings. The molecule has 0 radical (unpaired) electrons.